The molecule has 3 rings (SSSR count). The molecule has 0 atom stereocenters. The van der Waals surface area contributed by atoms with Gasteiger partial charge in [0.25, 0.3) is 0 Å². The van der Waals surface area contributed by atoms with Crippen LogP contribution in [0.15, 0.2) is 59.7 Å². The van der Waals surface area contributed by atoms with Gasteiger partial charge < -0.3 is 4.74 Å². The molecular weight excluding hydrogens is 360 g/mol. The molecule has 0 amide bonds. The van der Waals surface area contributed by atoms with Gasteiger partial charge in [0.2, 0.25) is 4.77 Å². The van der Waals surface area contributed by atoms with Crippen molar-refractivity contribution in [2.75, 3.05) is 0 Å². The summed E-state index contributed by atoms with van der Waals surface area (Å²) in [6.45, 7) is 2.13. The van der Waals surface area contributed by atoms with Gasteiger partial charge in [-0.3, -0.25) is 5.10 Å². The molecule has 1 N–H and O–H groups in total. The van der Waals surface area contributed by atoms with Crippen molar-refractivity contribution in [2.45, 2.75) is 26.2 Å². The molecule has 1 heterocycles. The van der Waals surface area contributed by atoms with Crippen molar-refractivity contribution in [1.29, 1.82) is 0 Å². The minimum absolute atomic E-state index is 0.387. The second-order valence-electron chi connectivity index (χ2n) is 5.93. The first kappa shape index (κ1) is 18.7. The third kappa shape index (κ3) is 4.98. The van der Waals surface area contributed by atoms with Crippen molar-refractivity contribution in [3.05, 3.63) is 76.3 Å². The second kappa shape index (κ2) is 9.05. The normalized spacial score (nSPS) is 11.0. The van der Waals surface area contributed by atoms with Crippen molar-refractivity contribution in [2.24, 2.45) is 5.10 Å². The maximum atomic E-state index is 12.1. The molecule has 0 bridgehead atoms. The van der Waals surface area contributed by atoms with Crippen LogP contribution in [-0.2, 0) is 6.42 Å². The maximum Gasteiger partial charge on any atom is 0.343 e. The summed E-state index contributed by atoms with van der Waals surface area (Å²) in [5.41, 5.74) is 1.37. The molecule has 0 aliphatic carbocycles. The molecule has 7 heteroatoms. The van der Waals surface area contributed by atoms with Gasteiger partial charge in [-0.05, 0) is 60.6 Å². The van der Waals surface area contributed by atoms with E-state index in [0.29, 0.717) is 16.1 Å². The Labute approximate surface area is 162 Å². The van der Waals surface area contributed by atoms with Gasteiger partial charge >= 0.3 is 5.97 Å². The van der Waals surface area contributed by atoms with Gasteiger partial charge in [0.15, 0.2) is 5.82 Å². The number of aryl methyl sites for hydroxylation is 1. The van der Waals surface area contributed by atoms with Gasteiger partial charge in [0, 0.05) is 6.42 Å². The lowest BCUT2D eigenvalue weighted by Crippen LogP contribution is -2.08. The third-order valence-electron chi connectivity index (χ3n) is 3.89. The van der Waals surface area contributed by atoms with Crippen molar-refractivity contribution >= 4 is 24.4 Å². The highest BCUT2D eigenvalue weighted by Crippen LogP contribution is 2.14. The molecule has 6 nitrogen and oxygen atoms in total. The number of hydrogen-bond donors (Lipinski definition) is 1. The van der Waals surface area contributed by atoms with Crippen LogP contribution < -0.4 is 4.74 Å². The fraction of sp³-hybridized carbons (Fsp3) is 0.200. The fourth-order valence-electron chi connectivity index (χ4n) is 2.43. The summed E-state index contributed by atoms with van der Waals surface area (Å²) in [4.78, 5) is 12.1. The zero-order chi connectivity index (χ0) is 19.1. The molecule has 138 valence electrons. The first-order chi connectivity index (χ1) is 13.2. The van der Waals surface area contributed by atoms with Gasteiger partial charge in [-0.1, -0.05) is 31.5 Å². The van der Waals surface area contributed by atoms with E-state index in [9.17, 15) is 4.79 Å². The largest absolute Gasteiger partial charge is 0.423 e. The summed E-state index contributed by atoms with van der Waals surface area (Å²) in [7, 11) is 0. The van der Waals surface area contributed by atoms with Gasteiger partial charge in [-0.2, -0.15) is 14.9 Å². The van der Waals surface area contributed by atoms with Crippen molar-refractivity contribution in [3.8, 4) is 5.75 Å². The van der Waals surface area contributed by atoms with Crippen LogP contribution in [0.25, 0.3) is 0 Å². The van der Waals surface area contributed by atoms with E-state index in [1.807, 2.05) is 18.2 Å². The number of hydrogen-bond acceptors (Lipinski definition) is 5. The lowest BCUT2D eigenvalue weighted by atomic mass is 10.2. The van der Waals surface area contributed by atoms with E-state index in [4.69, 9.17) is 17.0 Å². The summed E-state index contributed by atoms with van der Waals surface area (Å²) in [6, 6.07) is 16.0. The number of rotatable bonds is 7. The highest BCUT2D eigenvalue weighted by Gasteiger charge is 2.07. The molecule has 0 spiro atoms. The molecule has 0 saturated heterocycles. The van der Waals surface area contributed by atoms with E-state index in [2.05, 4.69) is 22.2 Å². The molecule has 27 heavy (non-hydrogen) atoms. The monoisotopic (exact) mass is 380 g/mol. The number of carbonyl (C=O) groups is 1. The molecule has 0 unspecified atom stereocenters. The van der Waals surface area contributed by atoms with Gasteiger partial charge in [0.05, 0.1) is 11.8 Å². The number of unbranched alkanes of at least 4 members (excludes halogenated alkanes) is 1. The van der Waals surface area contributed by atoms with E-state index < -0.39 is 0 Å². The summed E-state index contributed by atoms with van der Waals surface area (Å²) >= 11 is 5.23. The Bertz CT molecular complexity index is 975. The molecule has 0 saturated carbocycles. The first-order valence-corrected chi connectivity index (χ1v) is 9.16. The van der Waals surface area contributed by atoms with E-state index in [1.54, 1.807) is 47.3 Å². The predicted molar refractivity (Wildman–Crippen MR) is 107 cm³/mol. The standard InChI is InChI=1S/C20H20N4O2S/c1-2-3-9-18-22-23-20(27)24(18)21-14-15-10-12-17(13-11-15)26-19(25)16-7-5-4-6-8-16/h4-8,10-14H,2-3,9H2,1H3,(H,23,27)/b21-14-. The third-order valence-corrected chi connectivity index (χ3v) is 4.16. The summed E-state index contributed by atoms with van der Waals surface area (Å²) in [6.07, 6.45) is 4.61. The Morgan fingerprint density at radius 3 is 2.67 bits per heavy atom. The minimum Gasteiger partial charge on any atom is -0.423 e. The number of nitrogens with zero attached hydrogens (tertiary/aromatic N) is 3. The lowest BCUT2D eigenvalue weighted by Gasteiger charge is -2.04. The molecule has 3 aromatic rings. The van der Waals surface area contributed by atoms with Crippen LogP contribution in [0.3, 0.4) is 0 Å². The van der Waals surface area contributed by atoms with Crippen LogP contribution in [0.4, 0.5) is 0 Å². The van der Waals surface area contributed by atoms with E-state index in [0.717, 1.165) is 30.7 Å². The minimum atomic E-state index is -0.387. The van der Waals surface area contributed by atoms with Crippen LogP contribution in [0, 0.1) is 4.77 Å². The molecule has 0 radical (unpaired) electrons. The number of nitrogens with one attached hydrogen (secondary N) is 1. The Morgan fingerprint density at radius 1 is 1.22 bits per heavy atom. The highest BCUT2D eigenvalue weighted by atomic mass is 32.1. The van der Waals surface area contributed by atoms with Crippen molar-refractivity contribution in [3.63, 3.8) is 0 Å². The molecule has 2 aromatic carbocycles. The number of H-pyrrole nitrogens is 1. The average molecular weight is 380 g/mol. The Morgan fingerprint density at radius 2 is 1.96 bits per heavy atom. The van der Waals surface area contributed by atoms with Crippen LogP contribution in [-0.4, -0.2) is 27.1 Å². The number of carbonyl (C=O) groups excluding carboxylic acids is 1. The second-order valence-corrected chi connectivity index (χ2v) is 6.32. The predicted octanol–water partition coefficient (Wildman–Crippen LogP) is 4.38. The van der Waals surface area contributed by atoms with Crippen molar-refractivity contribution < 1.29 is 9.53 Å². The van der Waals surface area contributed by atoms with E-state index in [1.165, 1.54) is 0 Å². The fourth-order valence-corrected chi connectivity index (χ4v) is 2.62. The topological polar surface area (TPSA) is 72.3 Å². The SMILES string of the molecule is CCCCc1n[nH]c(=S)n1/N=C\c1ccc(OC(=O)c2ccccc2)cc1. The summed E-state index contributed by atoms with van der Waals surface area (Å²) in [5, 5.41) is 11.4. The quantitative estimate of drug-likeness (QED) is 0.286. The van der Waals surface area contributed by atoms with E-state index >= 15 is 0 Å². The zero-order valence-corrected chi connectivity index (χ0v) is 15.8. The van der Waals surface area contributed by atoms with Gasteiger partial charge in [-0.15, -0.1) is 0 Å². The number of aromatic nitrogens is 3. The van der Waals surface area contributed by atoms with Crippen LogP contribution in [0.2, 0.25) is 0 Å². The molecule has 1 aromatic heterocycles. The molecular formula is C20H20N4O2S. The maximum absolute atomic E-state index is 12.1. The number of aromatic amines is 1. The van der Waals surface area contributed by atoms with Crippen LogP contribution >= 0.6 is 12.2 Å². The molecule has 0 aliphatic heterocycles. The Hall–Kier alpha value is -3.06. The Kier molecular flexibility index (Phi) is 6.27. The summed E-state index contributed by atoms with van der Waals surface area (Å²) in [5.74, 6) is 0.901. The van der Waals surface area contributed by atoms with Gasteiger partial charge in [-0.25, -0.2) is 4.79 Å². The van der Waals surface area contributed by atoms with Crippen LogP contribution in [0.1, 0.15) is 41.5 Å². The van der Waals surface area contributed by atoms with E-state index in [-0.39, 0.29) is 5.97 Å². The zero-order valence-electron chi connectivity index (χ0n) is 15.0. The number of esters is 1. The van der Waals surface area contributed by atoms with Gasteiger partial charge in [0.1, 0.15) is 5.75 Å². The smallest absolute Gasteiger partial charge is 0.343 e. The summed E-state index contributed by atoms with van der Waals surface area (Å²) < 4.78 is 7.46. The lowest BCUT2D eigenvalue weighted by molar-refractivity contribution is 0.0735. The first-order valence-electron chi connectivity index (χ1n) is 8.75. The molecule has 0 fully saturated rings. The number of ether oxygens (including phenoxy) is 1. The Balaban J connectivity index is 1.68. The highest BCUT2D eigenvalue weighted by molar-refractivity contribution is 7.71. The number of benzene rings is 2. The van der Waals surface area contributed by atoms with Crippen molar-refractivity contribution in [1.82, 2.24) is 14.9 Å². The average Bonchev–Trinajstić information content (AvgIpc) is 3.06. The molecule has 0 aliphatic rings. The van der Waals surface area contributed by atoms with Crippen LogP contribution in [0.5, 0.6) is 5.75 Å².